The summed E-state index contributed by atoms with van der Waals surface area (Å²) in [6.45, 7) is 4.97. The maximum atomic E-state index is 11.6. The molecule has 0 aliphatic carbocycles. The molecule has 1 aromatic heterocycles. The van der Waals surface area contributed by atoms with E-state index in [-0.39, 0.29) is 5.91 Å². The van der Waals surface area contributed by atoms with Crippen LogP contribution in [0.25, 0.3) is 0 Å². The van der Waals surface area contributed by atoms with E-state index in [2.05, 4.69) is 15.6 Å². The van der Waals surface area contributed by atoms with Crippen LogP contribution in [-0.2, 0) is 24.3 Å². The number of nitrogens with zero attached hydrogens (tertiary/aromatic N) is 2. The third-order valence-corrected chi connectivity index (χ3v) is 2.75. The van der Waals surface area contributed by atoms with E-state index >= 15 is 0 Å². The number of nitrogens with one attached hydrogen (secondary N) is 2. The molecule has 5 nitrogen and oxygen atoms in total. The second-order valence-electron chi connectivity index (χ2n) is 4.04. The van der Waals surface area contributed by atoms with Gasteiger partial charge in [0.25, 0.3) is 0 Å². The molecule has 0 aromatic carbocycles. The van der Waals surface area contributed by atoms with Crippen LogP contribution in [0.4, 0.5) is 0 Å². The van der Waals surface area contributed by atoms with E-state index in [9.17, 15) is 4.79 Å². The zero-order valence-corrected chi connectivity index (χ0v) is 9.62. The van der Waals surface area contributed by atoms with Crippen molar-refractivity contribution in [3.8, 4) is 0 Å². The van der Waals surface area contributed by atoms with Crippen molar-refractivity contribution < 1.29 is 4.79 Å². The quantitative estimate of drug-likeness (QED) is 0.757. The van der Waals surface area contributed by atoms with E-state index in [4.69, 9.17) is 0 Å². The molecule has 1 aliphatic heterocycles. The van der Waals surface area contributed by atoms with E-state index < -0.39 is 0 Å². The molecule has 0 saturated heterocycles. The minimum atomic E-state index is 0.0700. The van der Waals surface area contributed by atoms with Gasteiger partial charge in [-0.3, -0.25) is 4.79 Å². The number of aromatic nitrogens is 2. The second kappa shape index (κ2) is 5.12. The van der Waals surface area contributed by atoms with Gasteiger partial charge in [0, 0.05) is 31.7 Å². The number of hydrogen-bond donors (Lipinski definition) is 2. The predicted octanol–water partition coefficient (Wildman–Crippen LogP) is 0.0550. The fourth-order valence-electron chi connectivity index (χ4n) is 1.91. The minimum Gasteiger partial charge on any atom is -0.355 e. The zero-order chi connectivity index (χ0) is 11.4. The van der Waals surface area contributed by atoms with Crippen molar-refractivity contribution in [1.29, 1.82) is 0 Å². The van der Waals surface area contributed by atoms with E-state index in [1.807, 2.05) is 11.5 Å². The van der Waals surface area contributed by atoms with Crippen LogP contribution < -0.4 is 10.6 Å². The highest BCUT2D eigenvalue weighted by molar-refractivity contribution is 5.75. The standard InChI is InChI=1S/C11H18N4O/c1-2-4-13-11(16)7-15-8-14-9-6-12-5-3-10(9)15/h8,12H,2-7H2,1H3,(H,13,16). The molecule has 0 unspecified atom stereocenters. The van der Waals surface area contributed by atoms with E-state index in [1.165, 1.54) is 5.69 Å². The lowest BCUT2D eigenvalue weighted by atomic mass is 10.2. The zero-order valence-electron chi connectivity index (χ0n) is 9.62. The van der Waals surface area contributed by atoms with Gasteiger partial charge in [-0.1, -0.05) is 6.92 Å². The highest BCUT2D eigenvalue weighted by Crippen LogP contribution is 2.11. The summed E-state index contributed by atoms with van der Waals surface area (Å²) in [6.07, 6.45) is 3.69. The maximum Gasteiger partial charge on any atom is 0.239 e. The van der Waals surface area contributed by atoms with Gasteiger partial charge in [0.15, 0.2) is 0 Å². The van der Waals surface area contributed by atoms with Crippen molar-refractivity contribution >= 4 is 5.91 Å². The smallest absolute Gasteiger partial charge is 0.239 e. The first-order valence-electron chi connectivity index (χ1n) is 5.81. The Kier molecular flexibility index (Phi) is 3.56. The van der Waals surface area contributed by atoms with Crippen LogP contribution in [0.15, 0.2) is 6.33 Å². The largest absolute Gasteiger partial charge is 0.355 e. The maximum absolute atomic E-state index is 11.6. The molecule has 1 aromatic rings. The van der Waals surface area contributed by atoms with Gasteiger partial charge in [0.1, 0.15) is 6.54 Å². The normalized spacial score (nSPS) is 14.6. The van der Waals surface area contributed by atoms with Crippen LogP contribution >= 0.6 is 0 Å². The molecule has 2 N–H and O–H groups in total. The Morgan fingerprint density at radius 1 is 1.69 bits per heavy atom. The van der Waals surface area contributed by atoms with E-state index in [0.717, 1.165) is 38.2 Å². The van der Waals surface area contributed by atoms with Gasteiger partial charge in [-0.05, 0) is 6.42 Å². The summed E-state index contributed by atoms with van der Waals surface area (Å²) in [5, 5.41) is 6.14. The van der Waals surface area contributed by atoms with Gasteiger partial charge in [0.2, 0.25) is 5.91 Å². The van der Waals surface area contributed by atoms with Crippen molar-refractivity contribution in [1.82, 2.24) is 20.2 Å². The van der Waals surface area contributed by atoms with Gasteiger partial charge in [-0.2, -0.15) is 0 Å². The summed E-state index contributed by atoms with van der Waals surface area (Å²) >= 11 is 0. The van der Waals surface area contributed by atoms with Gasteiger partial charge in [-0.25, -0.2) is 4.98 Å². The van der Waals surface area contributed by atoms with E-state index in [0.29, 0.717) is 6.54 Å². The Hall–Kier alpha value is -1.36. The lowest BCUT2D eigenvalue weighted by Gasteiger charge is -2.14. The van der Waals surface area contributed by atoms with Crippen molar-refractivity contribution in [2.24, 2.45) is 0 Å². The molecular weight excluding hydrogens is 204 g/mol. The molecule has 0 fully saturated rings. The molecule has 2 heterocycles. The number of imidazole rings is 1. The number of carbonyl (C=O) groups excluding carboxylic acids is 1. The number of amides is 1. The number of carbonyl (C=O) groups is 1. The van der Waals surface area contributed by atoms with Gasteiger partial charge < -0.3 is 15.2 Å². The molecule has 0 bridgehead atoms. The molecule has 5 heteroatoms. The Morgan fingerprint density at radius 3 is 3.38 bits per heavy atom. The molecule has 2 rings (SSSR count). The van der Waals surface area contributed by atoms with Gasteiger partial charge in [-0.15, -0.1) is 0 Å². The van der Waals surface area contributed by atoms with Gasteiger partial charge in [0.05, 0.1) is 12.0 Å². The highest BCUT2D eigenvalue weighted by atomic mass is 16.1. The lowest BCUT2D eigenvalue weighted by Crippen LogP contribution is -2.30. The molecule has 0 saturated carbocycles. The van der Waals surface area contributed by atoms with Crippen molar-refractivity contribution in [3.63, 3.8) is 0 Å². The first kappa shape index (κ1) is 11.1. The Bertz CT molecular complexity index is 372. The molecule has 0 spiro atoms. The predicted molar refractivity (Wildman–Crippen MR) is 60.9 cm³/mol. The molecule has 16 heavy (non-hydrogen) atoms. The number of fused-ring (bicyclic) bond motifs is 1. The topological polar surface area (TPSA) is 59.0 Å². The first-order valence-corrected chi connectivity index (χ1v) is 5.81. The molecule has 0 atom stereocenters. The fourth-order valence-corrected chi connectivity index (χ4v) is 1.91. The third kappa shape index (κ3) is 2.41. The molecular formula is C11H18N4O. The summed E-state index contributed by atoms with van der Waals surface area (Å²) in [4.78, 5) is 15.9. The van der Waals surface area contributed by atoms with Crippen molar-refractivity contribution in [3.05, 3.63) is 17.7 Å². The molecule has 88 valence electrons. The van der Waals surface area contributed by atoms with Crippen LogP contribution in [0, 0.1) is 0 Å². The second-order valence-corrected chi connectivity index (χ2v) is 4.04. The lowest BCUT2D eigenvalue weighted by molar-refractivity contribution is -0.121. The summed E-state index contributed by atoms with van der Waals surface area (Å²) < 4.78 is 1.96. The number of rotatable bonds is 4. The highest BCUT2D eigenvalue weighted by Gasteiger charge is 2.15. The minimum absolute atomic E-state index is 0.0700. The Labute approximate surface area is 95.2 Å². The summed E-state index contributed by atoms with van der Waals surface area (Å²) in [5.41, 5.74) is 2.28. The SMILES string of the molecule is CCCNC(=O)Cn1cnc2c1CCNC2. The van der Waals surface area contributed by atoms with E-state index in [1.54, 1.807) is 6.33 Å². The number of hydrogen-bond acceptors (Lipinski definition) is 3. The van der Waals surface area contributed by atoms with Crippen LogP contribution in [0.5, 0.6) is 0 Å². The Morgan fingerprint density at radius 2 is 2.56 bits per heavy atom. The van der Waals surface area contributed by atoms with Crippen LogP contribution in [0.1, 0.15) is 24.7 Å². The van der Waals surface area contributed by atoms with Crippen LogP contribution in [0.2, 0.25) is 0 Å². The average Bonchev–Trinajstić information content (AvgIpc) is 2.70. The molecule has 0 radical (unpaired) electrons. The Balaban J connectivity index is 1.99. The molecule has 1 aliphatic rings. The van der Waals surface area contributed by atoms with Crippen molar-refractivity contribution in [2.45, 2.75) is 32.9 Å². The van der Waals surface area contributed by atoms with Crippen LogP contribution in [-0.4, -0.2) is 28.5 Å². The summed E-state index contributed by atoms with van der Waals surface area (Å²) in [5.74, 6) is 0.0700. The fraction of sp³-hybridized carbons (Fsp3) is 0.636. The average molecular weight is 222 g/mol. The third-order valence-electron chi connectivity index (χ3n) is 2.75. The summed E-state index contributed by atoms with van der Waals surface area (Å²) in [7, 11) is 0. The monoisotopic (exact) mass is 222 g/mol. The van der Waals surface area contributed by atoms with Crippen molar-refractivity contribution in [2.75, 3.05) is 13.1 Å². The first-order chi connectivity index (χ1) is 7.81. The summed E-state index contributed by atoms with van der Waals surface area (Å²) in [6, 6.07) is 0. The molecule has 1 amide bonds. The van der Waals surface area contributed by atoms with Gasteiger partial charge >= 0.3 is 0 Å². The van der Waals surface area contributed by atoms with Crippen LogP contribution in [0.3, 0.4) is 0 Å².